The summed E-state index contributed by atoms with van der Waals surface area (Å²) < 4.78 is 25.9. The topological polar surface area (TPSA) is 183 Å². The first-order valence-electron chi connectivity index (χ1n) is 8.56. The van der Waals surface area contributed by atoms with E-state index in [2.05, 4.69) is 10.0 Å². The molecule has 13 heteroatoms. The number of hydrogen-bond donors (Lipinski definition) is 1. The number of rotatable bonds is 8. The lowest BCUT2D eigenvalue weighted by atomic mass is 9.90. The summed E-state index contributed by atoms with van der Waals surface area (Å²) in [5.41, 5.74) is 8.47. The van der Waals surface area contributed by atoms with Gasteiger partial charge in [-0.3, -0.25) is 19.2 Å². The van der Waals surface area contributed by atoms with Crippen LogP contribution in [0.2, 0.25) is 0 Å². The molecule has 29 heavy (non-hydrogen) atoms. The molecule has 1 N–H and O–H groups in total. The van der Waals surface area contributed by atoms with Crippen molar-refractivity contribution in [2.24, 2.45) is 5.11 Å². The first-order valence-corrected chi connectivity index (χ1v) is 8.56. The zero-order valence-electron chi connectivity index (χ0n) is 16.4. The smallest absolute Gasteiger partial charge is 0.303 e. The first-order chi connectivity index (χ1) is 13.5. The van der Waals surface area contributed by atoms with E-state index < -0.39 is 60.7 Å². The lowest BCUT2D eigenvalue weighted by Crippen LogP contribution is -2.68. The molecule has 0 radical (unpaired) electrons. The van der Waals surface area contributed by atoms with Gasteiger partial charge in [0.1, 0.15) is 12.7 Å². The molecule has 5 atom stereocenters. The normalized spacial score (nSPS) is 28.4. The van der Waals surface area contributed by atoms with Crippen molar-refractivity contribution in [3.8, 4) is 0 Å². The van der Waals surface area contributed by atoms with Crippen molar-refractivity contribution in [2.45, 2.75) is 64.3 Å². The fourth-order valence-corrected chi connectivity index (χ4v) is 2.81. The fraction of sp³-hybridized carbons (Fsp3) is 0.750. The maximum absolute atomic E-state index is 11.6. The molecule has 0 spiro atoms. The van der Waals surface area contributed by atoms with E-state index >= 15 is 0 Å². The van der Waals surface area contributed by atoms with Crippen LogP contribution < -0.4 is 0 Å². The molecule has 0 aromatic rings. The average Bonchev–Trinajstić information content (AvgIpc) is 2.58. The van der Waals surface area contributed by atoms with Gasteiger partial charge in [-0.1, -0.05) is 5.11 Å². The average molecular weight is 417 g/mol. The Hall–Kier alpha value is -2.89. The predicted octanol–water partition coefficient (Wildman–Crippen LogP) is 0.132. The zero-order chi connectivity index (χ0) is 22.2. The highest BCUT2D eigenvalue weighted by Crippen LogP contribution is 2.36. The third-order valence-electron chi connectivity index (χ3n) is 3.77. The summed E-state index contributed by atoms with van der Waals surface area (Å²) in [5.74, 6) is -5.45. The number of nitrogens with zero attached hydrogens (tertiary/aromatic N) is 3. The molecule has 1 aliphatic rings. The minimum atomic E-state index is -2.30. The summed E-state index contributed by atoms with van der Waals surface area (Å²) in [5, 5.41) is 14.3. The van der Waals surface area contributed by atoms with E-state index in [0.29, 0.717) is 0 Å². The molecular formula is C16H23N3O10. The fourth-order valence-electron chi connectivity index (χ4n) is 2.81. The molecule has 1 fully saturated rings. The minimum absolute atomic E-state index is 0.268. The zero-order valence-corrected chi connectivity index (χ0v) is 16.4. The van der Waals surface area contributed by atoms with Crippen LogP contribution in [0.5, 0.6) is 0 Å². The van der Waals surface area contributed by atoms with Gasteiger partial charge >= 0.3 is 23.9 Å². The third-order valence-corrected chi connectivity index (χ3v) is 3.77. The van der Waals surface area contributed by atoms with E-state index in [9.17, 15) is 24.3 Å². The lowest BCUT2D eigenvalue weighted by molar-refractivity contribution is -0.352. The van der Waals surface area contributed by atoms with Gasteiger partial charge in [0, 0.05) is 45.6 Å². The monoisotopic (exact) mass is 417 g/mol. The van der Waals surface area contributed by atoms with Crippen molar-refractivity contribution >= 4 is 23.9 Å². The van der Waals surface area contributed by atoms with Crippen molar-refractivity contribution in [1.82, 2.24) is 0 Å². The van der Waals surface area contributed by atoms with Crippen molar-refractivity contribution in [3.63, 3.8) is 0 Å². The number of hydrogen-bond acceptors (Lipinski definition) is 11. The predicted molar refractivity (Wildman–Crippen MR) is 91.7 cm³/mol. The van der Waals surface area contributed by atoms with E-state index in [1.54, 1.807) is 0 Å². The van der Waals surface area contributed by atoms with Crippen LogP contribution in [0.1, 0.15) is 34.1 Å². The number of azide groups is 1. The Morgan fingerprint density at radius 3 is 2.03 bits per heavy atom. The van der Waals surface area contributed by atoms with Gasteiger partial charge in [-0.25, -0.2) is 0 Å². The molecule has 1 heterocycles. The summed E-state index contributed by atoms with van der Waals surface area (Å²) in [6.07, 6.45) is -6.15. The second-order valence-electron chi connectivity index (χ2n) is 6.19. The van der Waals surface area contributed by atoms with E-state index in [-0.39, 0.29) is 13.0 Å². The molecule has 13 nitrogen and oxygen atoms in total. The van der Waals surface area contributed by atoms with E-state index in [1.165, 1.54) is 0 Å². The molecule has 1 aliphatic heterocycles. The standard InChI is InChI=1S/C16H23N3O10/c1-8(20)25-7-12-13(26-9(2)21)14(27-10(3)22)15(28-11(4)23)16(24,29-12)5-6-18-19-17/h12-15,24H,5-7H2,1-4H3/t12-,13-,14+,15+,16+/m1/s1. The maximum atomic E-state index is 11.6. The Balaban J connectivity index is 3.41. The maximum Gasteiger partial charge on any atom is 0.303 e. The number of aliphatic hydroxyl groups is 1. The van der Waals surface area contributed by atoms with Gasteiger partial charge in [0.05, 0.1) is 0 Å². The van der Waals surface area contributed by atoms with Crippen LogP contribution in [0.4, 0.5) is 0 Å². The van der Waals surface area contributed by atoms with Crippen LogP contribution in [0.25, 0.3) is 10.4 Å². The number of esters is 4. The summed E-state index contributed by atoms with van der Waals surface area (Å²) >= 11 is 0. The van der Waals surface area contributed by atoms with Gasteiger partial charge in [0.15, 0.2) is 18.3 Å². The number of ether oxygens (including phenoxy) is 5. The van der Waals surface area contributed by atoms with Crippen LogP contribution in [0.3, 0.4) is 0 Å². The Bertz CT molecular complexity index is 692. The van der Waals surface area contributed by atoms with Gasteiger partial charge in [-0.15, -0.1) is 0 Å². The van der Waals surface area contributed by atoms with E-state index in [1.807, 2.05) is 0 Å². The van der Waals surface area contributed by atoms with Crippen LogP contribution in [0, 0.1) is 0 Å². The third kappa shape index (κ3) is 7.22. The van der Waals surface area contributed by atoms with Crippen LogP contribution in [-0.2, 0) is 42.9 Å². The van der Waals surface area contributed by atoms with E-state index in [4.69, 9.17) is 29.2 Å². The largest absolute Gasteiger partial charge is 0.463 e. The summed E-state index contributed by atoms with van der Waals surface area (Å²) in [6, 6.07) is 0. The van der Waals surface area contributed by atoms with Gasteiger partial charge in [-0.2, -0.15) is 0 Å². The van der Waals surface area contributed by atoms with Crippen LogP contribution >= 0.6 is 0 Å². The number of carbonyl (C=O) groups is 4. The van der Waals surface area contributed by atoms with E-state index in [0.717, 1.165) is 27.7 Å². The van der Waals surface area contributed by atoms with Crippen molar-refractivity contribution in [1.29, 1.82) is 0 Å². The quantitative estimate of drug-likeness (QED) is 0.187. The molecule has 0 amide bonds. The van der Waals surface area contributed by atoms with Gasteiger partial charge in [-0.05, 0) is 5.53 Å². The first kappa shape index (κ1) is 24.1. The van der Waals surface area contributed by atoms with Crippen LogP contribution in [-0.4, -0.2) is 72.3 Å². The van der Waals surface area contributed by atoms with Crippen LogP contribution in [0.15, 0.2) is 5.11 Å². The van der Waals surface area contributed by atoms with Gasteiger partial charge < -0.3 is 28.8 Å². The highest BCUT2D eigenvalue weighted by molar-refractivity contribution is 5.68. The summed E-state index contributed by atoms with van der Waals surface area (Å²) in [4.78, 5) is 48.6. The Morgan fingerprint density at radius 2 is 1.55 bits per heavy atom. The molecule has 0 bridgehead atoms. The summed E-state index contributed by atoms with van der Waals surface area (Å²) in [7, 11) is 0. The second-order valence-corrected chi connectivity index (χ2v) is 6.19. The molecule has 0 saturated carbocycles. The molecule has 0 unspecified atom stereocenters. The highest BCUT2D eigenvalue weighted by atomic mass is 16.7. The van der Waals surface area contributed by atoms with Gasteiger partial charge in [0.25, 0.3) is 0 Å². The van der Waals surface area contributed by atoms with Crippen molar-refractivity contribution < 1.29 is 48.0 Å². The molecule has 1 rings (SSSR count). The second kappa shape index (κ2) is 10.6. The lowest BCUT2D eigenvalue weighted by Gasteiger charge is -2.48. The van der Waals surface area contributed by atoms with Gasteiger partial charge in [0.2, 0.25) is 5.79 Å². The Morgan fingerprint density at radius 1 is 1.00 bits per heavy atom. The Labute approximate surface area is 165 Å². The molecule has 162 valence electrons. The SMILES string of the molecule is CC(=O)OC[C@H]1O[C@@](O)(CCN=[N+]=[N-])[C@@H](OC(C)=O)[C@@H](OC(C)=O)[C@@H]1OC(C)=O. The Kier molecular flexibility index (Phi) is 8.83. The molecule has 0 aromatic carbocycles. The molecule has 1 saturated heterocycles. The van der Waals surface area contributed by atoms with Crippen molar-refractivity contribution in [3.05, 3.63) is 10.4 Å². The minimum Gasteiger partial charge on any atom is -0.463 e. The molecule has 0 aromatic heterocycles. The molecule has 0 aliphatic carbocycles. The molecular weight excluding hydrogens is 394 g/mol. The van der Waals surface area contributed by atoms with Crippen molar-refractivity contribution in [2.75, 3.05) is 13.2 Å². The summed E-state index contributed by atoms with van der Waals surface area (Å²) in [6.45, 7) is 3.58. The number of carbonyl (C=O) groups excluding carboxylic acids is 4. The highest BCUT2D eigenvalue weighted by Gasteiger charge is 2.59.